The fourth-order valence-electron chi connectivity index (χ4n) is 3.29. The van der Waals surface area contributed by atoms with Gasteiger partial charge in [-0.15, -0.1) is 0 Å². The molecule has 0 aromatic carbocycles. The molecule has 2 aromatic rings. The first-order chi connectivity index (χ1) is 12.9. The maximum atomic E-state index is 8.27. The number of amidine groups is 2. The summed E-state index contributed by atoms with van der Waals surface area (Å²) >= 11 is 0. The second-order valence-corrected chi connectivity index (χ2v) is 6.87. The molecule has 140 valence electrons. The van der Waals surface area contributed by atoms with Crippen LogP contribution in [0.4, 0.5) is 11.5 Å². The van der Waals surface area contributed by atoms with E-state index in [1.54, 1.807) is 24.5 Å². The van der Waals surface area contributed by atoms with Crippen LogP contribution in [-0.2, 0) is 0 Å². The van der Waals surface area contributed by atoms with E-state index in [9.17, 15) is 0 Å². The van der Waals surface area contributed by atoms with Gasteiger partial charge in [0.05, 0.1) is 17.6 Å². The smallest absolute Gasteiger partial charge is 0.183 e. The van der Waals surface area contributed by atoms with Crippen LogP contribution >= 0.6 is 0 Å². The van der Waals surface area contributed by atoms with Crippen molar-refractivity contribution in [1.29, 1.82) is 5.41 Å². The molecule has 0 amide bonds. The fourth-order valence-corrected chi connectivity index (χ4v) is 3.29. The van der Waals surface area contributed by atoms with Crippen molar-refractivity contribution in [3.8, 4) is 0 Å². The molecule has 0 radical (unpaired) electrons. The molecule has 1 saturated heterocycles. The maximum absolute atomic E-state index is 8.27. The van der Waals surface area contributed by atoms with Crippen molar-refractivity contribution in [3.63, 3.8) is 0 Å². The van der Waals surface area contributed by atoms with Crippen molar-refractivity contribution >= 4 is 34.5 Å². The van der Waals surface area contributed by atoms with E-state index in [0.29, 0.717) is 46.3 Å². The van der Waals surface area contributed by atoms with Gasteiger partial charge >= 0.3 is 0 Å². The molecule has 10 heteroatoms. The number of rotatable bonds is 2. The number of fused-ring (bicyclic) bond motifs is 1. The Kier molecular flexibility index (Phi) is 4.11. The Balaban J connectivity index is 1.70. The summed E-state index contributed by atoms with van der Waals surface area (Å²) in [5.74, 6) is 1.42. The molecule has 0 spiro atoms. The largest absolute Gasteiger partial charge is 0.396 e. The van der Waals surface area contributed by atoms with Crippen LogP contribution < -0.4 is 11.5 Å². The number of nitrogens with zero attached hydrogens (tertiary/aromatic N) is 7. The van der Waals surface area contributed by atoms with E-state index in [1.807, 2.05) is 0 Å². The lowest BCUT2D eigenvalue weighted by molar-refractivity contribution is 0.301. The summed E-state index contributed by atoms with van der Waals surface area (Å²) < 4.78 is 1.51. The van der Waals surface area contributed by atoms with Crippen molar-refractivity contribution in [2.24, 2.45) is 15.7 Å². The van der Waals surface area contributed by atoms with Crippen LogP contribution in [0, 0.1) is 5.41 Å². The number of likely N-dealkylation sites (N-methyl/N-ethyl adjacent to an activating group) is 1. The van der Waals surface area contributed by atoms with E-state index in [1.165, 1.54) is 4.52 Å². The van der Waals surface area contributed by atoms with E-state index in [0.717, 1.165) is 19.5 Å². The number of aromatic nitrogens is 3. The number of anilines is 1. The number of nitrogen functional groups attached to an aromatic ring is 1. The van der Waals surface area contributed by atoms with Crippen LogP contribution in [0.3, 0.4) is 0 Å². The highest BCUT2D eigenvalue weighted by molar-refractivity contribution is 6.48. The molecule has 4 heterocycles. The summed E-state index contributed by atoms with van der Waals surface area (Å²) in [7, 11) is 4.13. The van der Waals surface area contributed by atoms with Gasteiger partial charge in [-0.2, -0.15) is 9.61 Å². The van der Waals surface area contributed by atoms with E-state index in [-0.39, 0.29) is 0 Å². The highest BCUT2D eigenvalue weighted by Crippen LogP contribution is 2.22. The van der Waals surface area contributed by atoms with Gasteiger partial charge in [0.15, 0.2) is 17.3 Å². The summed E-state index contributed by atoms with van der Waals surface area (Å²) in [5.41, 5.74) is 13.7. The van der Waals surface area contributed by atoms with E-state index in [4.69, 9.17) is 16.9 Å². The van der Waals surface area contributed by atoms with Crippen LogP contribution in [0.5, 0.6) is 0 Å². The monoisotopic (exact) mass is 366 g/mol. The molecule has 2 aliphatic heterocycles. The third-order valence-electron chi connectivity index (χ3n) is 4.84. The van der Waals surface area contributed by atoms with Crippen LogP contribution in [0.25, 0.3) is 5.65 Å². The van der Waals surface area contributed by atoms with Crippen molar-refractivity contribution in [2.75, 3.05) is 32.9 Å². The molecule has 2 aliphatic rings. The van der Waals surface area contributed by atoms with Gasteiger partial charge in [0.25, 0.3) is 0 Å². The number of nitrogens with one attached hydrogen (secondary N) is 1. The second-order valence-electron chi connectivity index (χ2n) is 6.87. The van der Waals surface area contributed by atoms with Crippen molar-refractivity contribution in [2.45, 2.75) is 12.5 Å². The Bertz CT molecular complexity index is 996. The SMILES string of the molecule is CN(C)C1CCN(C2=N/C(=N\c3cnn4c(N)ccnc34)C(N)=CC2=N)C1. The minimum Gasteiger partial charge on any atom is -0.396 e. The van der Waals surface area contributed by atoms with Gasteiger partial charge < -0.3 is 21.3 Å². The highest BCUT2D eigenvalue weighted by atomic mass is 15.3. The minimum absolute atomic E-state index is 0.299. The third kappa shape index (κ3) is 3.04. The first-order valence-electron chi connectivity index (χ1n) is 8.67. The van der Waals surface area contributed by atoms with E-state index >= 15 is 0 Å². The van der Waals surface area contributed by atoms with Crippen LogP contribution in [0.1, 0.15) is 6.42 Å². The lowest BCUT2D eigenvalue weighted by Gasteiger charge is -2.24. The summed E-state index contributed by atoms with van der Waals surface area (Å²) in [4.78, 5) is 17.7. The molecule has 4 rings (SSSR count). The number of aliphatic imine (C=N–C) groups is 2. The van der Waals surface area contributed by atoms with Gasteiger partial charge in [-0.25, -0.2) is 15.0 Å². The summed E-state index contributed by atoms with van der Waals surface area (Å²) in [6.45, 7) is 1.67. The molecule has 1 atom stereocenters. The van der Waals surface area contributed by atoms with Crippen molar-refractivity contribution < 1.29 is 0 Å². The summed E-state index contributed by atoms with van der Waals surface area (Å²) in [5, 5.41) is 12.5. The Labute approximate surface area is 156 Å². The van der Waals surface area contributed by atoms with E-state index in [2.05, 4.69) is 44.0 Å². The first-order valence-corrected chi connectivity index (χ1v) is 8.67. The predicted molar refractivity (Wildman–Crippen MR) is 106 cm³/mol. The number of likely N-dealkylation sites (tertiary alicyclic amines) is 1. The summed E-state index contributed by atoms with van der Waals surface area (Å²) in [6, 6.07) is 2.11. The Morgan fingerprint density at radius 1 is 1.33 bits per heavy atom. The molecule has 0 bridgehead atoms. The second kappa shape index (κ2) is 6.47. The van der Waals surface area contributed by atoms with Crippen LogP contribution in [0.15, 0.2) is 40.2 Å². The van der Waals surface area contributed by atoms with Crippen molar-refractivity contribution in [3.05, 3.63) is 30.2 Å². The number of nitrogens with two attached hydrogens (primary N) is 2. The lowest BCUT2D eigenvalue weighted by Crippen LogP contribution is -2.40. The average molecular weight is 366 g/mol. The average Bonchev–Trinajstić information content (AvgIpc) is 3.26. The normalized spacial score (nSPS) is 22.0. The standard InChI is InChI=1S/C17H22N10/c1-25(2)10-4-6-26(9-10)16-12(19)7-11(18)15(24-16)23-13-8-22-27-14(20)3-5-21-17(13)27/h3,5,7-8,10,19H,4,6,9,18,20H2,1-2H3/b19-12?,23-15-. The minimum atomic E-state index is 0.299. The first kappa shape index (κ1) is 17.2. The molecule has 27 heavy (non-hydrogen) atoms. The quantitative estimate of drug-likeness (QED) is 0.697. The van der Waals surface area contributed by atoms with Gasteiger partial charge in [-0.05, 0) is 32.7 Å². The third-order valence-corrected chi connectivity index (χ3v) is 4.84. The van der Waals surface area contributed by atoms with E-state index < -0.39 is 0 Å². The molecule has 10 nitrogen and oxygen atoms in total. The Hall–Kier alpha value is -3.27. The maximum Gasteiger partial charge on any atom is 0.183 e. The zero-order chi connectivity index (χ0) is 19.1. The summed E-state index contributed by atoms with van der Waals surface area (Å²) in [6.07, 6.45) is 5.80. The number of hydrogen-bond donors (Lipinski definition) is 3. The van der Waals surface area contributed by atoms with Gasteiger partial charge in [-0.3, -0.25) is 5.41 Å². The highest BCUT2D eigenvalue weighted by Gasteiger charge is 2.30. The Morgan fingerprint density at radius 2 is 2.15 bits per heavy atom. The molecule has 0 aliphatic carbocycles. The van der Waals surface area contributed by atoms with Crippen LogP contribution in [0.2, 0.25) is 0 Å². The zero-order valence-electron chi connectivity index (χ0n) is 15.3. The zero-order valence-corrected chi connectivity index (χ0v) is 15.3. The van der Waals surface area contributed by atoms with Gasteiger partial charge in [-0.1, -0.05) is 0 Å². The van der Waals surface area contributed by atoms with Gasteiger partial charge in [0, 0.05) is 25.3 Å². The molecular weight excluding hydrogens is 344 g/mol. The predicted octanol–water partition coefficient (Wildman–Crippen LogP) is 0.252. The molecule has 1 fully saturated rings. The molecule has 2 aromatic heterocycles. The lowest BCUT2D eigenvalue weighted by atomic mass is 10.2. The van der Waals surface area contributed by atoms with Gasteiger partial charge in [0.2, 0.25) is 0 Å². The molecule has 5 N–H and O–H groups in total. The number of hydrogen-bond acceptors (Lipinski definition) is 8. The van der Waals surface area contributed by atoms with Crippen LogP contribution in [-0.4, -0.2) is 75.0 Å². The Morgan fingerprint density at radius 3 is 2.89 bits per heavy atom. The topological polar surface area (TPSA) is 137 Å². The van der Waals surface area contributed by atoms with Gasteiger partial charge in [0.1, 0.15) is 11.5 Å². The fraction of sp³-hybridized carbons (Fsp3) is 0.353. The van der Waals surface area contributed by atoms with Crippen molar-refractivity contribution in [1.82, 2.24) is 24.4 Å². The number of dihydropyridines is 1. The molecule has 0 saturated carbocycles. The molecular formula is C17H22N10. The molecule has 1 unspecified atom stereocenters.